The number of hydrogen-bond donors (Lipinski definition) is 0. The Labute approximate surface area is 101 Å². The van der Waals surface area contributed by atoms with E-state index >= 15 is 0 Å². The molecule has 0 bridgehead atoms. The van der Waals surface area contributed by atoms with Crippen LogP contribution in [0.2, 0.25) is 0 Å². The minimum atomic E-state index is 0.121. The van der Waals surface area contributed by atoms with E-state index in [1.807, 2.05) is 18.4 Å². The third-order valence-electron chi connectivity index (χ3n) is 3.12. The highest BCUT2D eigenvalue weighted by Gasteiger charge is 2.15. The van der Waals surface area contributed by atoms with Gasteiger partial charge in [-0.2, -0.15) is 0 Å². The standard InChI is InChI=1S/C16H14O/c1-2-7-14(8-3-1)16-12-15-9-5-4-6-13(15)10-11-17-16/h1-11,16H,12H2. The van der Waals surface area contributed by atoms with Gasteiger partial charge in [0.2, 0.25) is 0 Å². The Bertz CT molecular complexity index is 528. The van der Waals surface area contributed by atoms with Crippen molar-refractivity contribution in [2.75, 3.05) is 0 Å². The summed E-state index contributed by atoms with van der Waals surface area (Å²) in [5, 5.41) is 0. The molecule has 1 aliphatic rings. The monoisotopic (exact) mass is 222 g/mol. The van der Waals surface area contributed by atoms with Gasteiger partial charge in [-0.3, -0.25) is 0 Å². The van der Waals surface area contributed by atoms with E-state index in [9.17, 15) is 0 Å². The van der Waals surface area contributed by atoms with Crippen LogP contribution < -0.4 is 0 Å². The van der Waals surface area contributed by atoms with Crippen molar-refractivity contribution < 1.29 is 4.74 Å². The molecule has 17 heavy (non-hydrogen) atoms. The zero-order chi connectivity index (χ0) is 11.5. The second kappa shape index (κ2) is 4.46. The molecule has 0 aromatic heterocycles. The Kier molecular flexibility index (Phi) is 2.66. The van der Waals surface area contributed by atoms with Gasteiger partial charge in [0.05, 0.1) is 6.26 Å². The minimum absolute atomic E-state index is 0.121. The summed E-state index contributed by atoms with van der Waals surface area (Å²) in [5.74, 6) is 0. The summed E-state index contributed by atoms with van der Waals surface area (Å²) in [5.41, 5.74) is 3.83. The number of hydrogen-bond acceptors (Lipinski definition) is 1. The maximum atomic E-state index is 5.79. The highest BCUT2D eigenvalue weighted by atomic mass is 16.5. The SMILES string of the molecule is C1=Cc2ccccc2CC(c2ccccc2)O1. The molecule has 0 aliphatic carbocycles. The molecule has 0 saturated carbocycles. The molecule has 3 rings (SSSR count). The first-order chi connectivity index (χ1) is 8.43. The van der Waals surface area contributed by atoms with Gasteiger partial charge in [-0.15, -0.1) is 0 Å². The van der Waals surface area contributed by atoms with Gasteiger partial charge in [-0.25, -0.2) is 0 Å². The van der Waals surface area contributed by atoms with E-state index in [1.165, 1.54) is 16.7 Å². The van der Waals surface area contributed by atoms with E-state index in [4.69, 9.17) is 4.74 Å². The Balaban J connectivity index is 1.95. The van der Waals surface area contributed by atoms with Crippen molar-refractivity contribution in [3.05, 3.63) is 77.5 Å². The predicted molar refractivity (Wildman–Crippen MR) is 69.4 cm³/mol. The fourth-order valence-corrected chi connectivity index (χ4v) is 2.20. The molecular weight excluding hydrogens is 208 g/mol. The number of fused-ring (bicyclic) bond motifs is 1. The predicted octanol–water partition coefficient (Wildman–Crippen LogP) is 3.97. The quantitative estimate of drug-likeness (QED) is 0.709. The third kappa shape index (κ3) is 2.09. The smallest absolute Gasteiger partial charge is 0.127 e. The average molecular weight is 222 g/mol. The van der Waals surface area contributed by atoms with Gasteiger partial charge >= 0.3 is 0 Å². The van der Waals surface area contributed by atoms with Crippen LogP contribution in [0.5, 0.6) is 0 Å². The van der Waals surface area contributed by atoms with Gasteiger partial charge in [0.1, 0.15) is 6.10 Å². The maximum Gasteiger partial charge on any atom is 0.127 e. The Morgan fingerprint density at radius 3 is 2.53 bits per heavy atom. The fourth-order valence-electron chi connectivity index (χ4n) is 2.20. The average Bonchev–Trinajstić information content (AvgIpc) is 2.62. The summed E-state index contributed by atoms with van der Waals surface area (Å²) in [7, 11) is 0. The molecule has 0 saturated heterocycles. The van der Waals surface area contributed by atoms with Crippen molar-refractivity contribution in [2.24, 2.45) is 0 Å². The molecule has 2 aromatic rings. The van der Waals surface area contributed by atoms with Crippen molar-refractivity contribution >= 4 is 6.08 Å². The molecular formula is C16H14O. The maximum absolute atomic E-state index is 5.79. The van der Waals surface area contributed by atoms with Crippen LogP contribution in [0, 0.1) is 0 Å². The van der Waals surface area contributed by atoms with Crippen LogP contribution in [0.25, 0.3) is 6.08 Å². The molecule has 1 atom stereocenters. The zero-order valence-electron chi connectivity index (χ0n) is 9.54. The van der Waals surface area contributed by atoms with Crippen LogP contribution in [-0.4, -0.2) is 0 Å². The van der Waals surface area contributed by atoms with Gasteiger partial charge in [0.25, 0.3) is 0 Å². The minimum Gasteiger partial charge on any atom is -0.493 e. The lowest BCUT2D eigenvalue weighted by Crippen LogP contribution is -2.03. The van der Waals surface area contributed by atoms with Crippen molar-refractivity contribution in [1.29, 1.82) is 0 Å². The first-order valence-electron chi connectivity index (χ1n) is 5.88. The number of ether oxygens (including phenoxy) is 1. The van der Waals surface area contributed by atoms with E-state index in [0.717, 1.165) is 6.42 Å². The Morgan fingerprint density at radius 2 is 1.65 bits per heavy atom. The first kappa shape index (κ1) is 10.2. The molecule has 0 radical (unpaired) electrons. The summed E-state index contributed by atoms with van der Waals surface area (Å²) in [6.45, 7) is 0. The van der Waals surface area contributed by atoms with Gasteiger partial charge in [0, 0.05) is 6.42 Å². The molecule has 1 heteroatoms. The molecule has 1 aliphatic heterocycles. The second-order valence-corrected chi connectivity index (χ2v) is 4.24. The van der Waals surface area contributed by atoms with Gasteiger partial charge in [-0.05, 0) is 22.8 Å². The van der Waals surface area contributed by atoms with Crippen molar-refractivity contribution in [2.45, 2.75) is 12.5 Å². The molecule has 0 spiro atoms. The van der Waals surface area contributed by atoms with Crippen LogP contribution in [0.4, 0.5) is 0 Å². The molecule has 0 N–H and O–H groups in total. The summed E-state index contributed by atoms with van der Waals surface area (Å²) in [6.07, 6.45) is 4.89. The van der Waals surface area contributed by atoms with E-state index in [0.29, 0.717) is 0 Å². The van der Waals surface area contributed by atoms with E-state index < -0.39 is 0 Å². The second-order valence-electron chi connectivity index (χ2n) is 4.24. The summed E-state index contributed by atoms with van der Waals surface area (Å²) < 4.78 is 5.79. The van der Waals surface area contributed by atoms with Gasteiger partial charge in [0.15, 0.2) is 0 Å². The van der Waals surface area contributed by atoms with Crippen molar-refractivity contribution in [3.8, 4) is 0 Å². The molecule has 0 amide bonds. The highest BCUT2D eigenvalue weighted by Crippen LogP contribution is 2.27. The van der Waals surface area contributed by atoms with Gasteiger partial charge < -0.3 is 4.74 Å². The lowest BCUT2D eigenvalue weighted by Gasteiger charge is -2.15. The van der Waals surface area contributed by atoms with Crippen LogP contribution in [0.1, 0.15) is 22.8 Å². The topological polar surface area (TPSA) is 9.23 Å². The van der Waals surface area contributed by atoms with Crippen molar-refractivity contribution in [1.82, 2.24) is 0 Å². The third-order valence-corrected chi connectivity index (χ3v) is 3.12. The van der Waals surface area contributed by atoms with Crippen molar-refractivity contribution in [3.63, 3.8) is 0 Å². The molecule has 1 heterocycles. The first-order valence-corrected chi connectivity index (χ1v) is 5.88. The Morgan fingerprint density at radius 1 is 0.882 bits per heavy atom. The normalized spacial score (nSPS) is 18.0. The Hall–Kier alpha value is -2.02. The van der Waals surface area contributed by atoms with Crippen LogP contribution in [0.3, 0.4) is 0 Å². The van der Waals surface area contributed by atoms with E-state index in [2.05, 4.69) is 48.5 Å². The molecule has 1 unspecified atom stereocenters. The summed E-state index contributed by atoms with van der Waals surface area (Å²) in [6, 6.07) is 18.8. The zero-order valence-corrected chi connectivity index (χ0v) is 9.54. The lowest BCUT2D eigenvalue weighted by atomic mass is 9.98. The molecule has 2 aromatic carbocycles. The molecule has 84 valence electrons. The number of rotatable bonds is 1. The molecule has 0 fully saturated rings. The summed E-state index contributed by atoms with van der Waals surface area (Å²) >= 11 is 0. The van der Waals surface area contributed by atoms with Gasteiger partial charge in [-0.1, -0.05) is 54.6 Å². The van der Waals surface area contributed by atoms with E-state index in [-0.39, 0.29) is 6.10 Å². The number of benzene rings is 2. The largest absolute Gasteiger partial charge is 0.493 e. The summed E-state index contributed by atoms with van der Waals surface area (Å²) in [4.78, 5) is 0. The fraction of sp³-hybridized carbons (Fsp3) is 0.125. The van der Waals surface area contributed by atoms with E-state index in [1.54, 1.807) is 0 Å². The van der Waals surface area contributed by atoms with Crippen LogP contribution in [-0.2, 0) is 11.2 Å². The van der Waals surface area contributed by atoms with Crippen LogP contribution >= 0.6 is 0 Å². The van der Waals surface area contributed by atoms with Crippen LogP contribution in [0.15, 0.2) is 60.9 Å². The highest BCUT2D eigenvalue weighted by molar-refractivity contribution is 5.54. The lowest BCUT2D eigenvalue weighted by molar-refractivity contribution is 0.150. The molecule has 1 nitrogen and oxygen atoms in total.